The van der Waals surface area contributed by atoms with Crippen LogP contribution in [0, 0.1) is 0 Å². The number of likely N-dealkylation sites (tertiary alicyclic amines) is 1. The number of amides is 3. The lowest BCUT2D eigenvalue weighted by Crippen LogP contribution is -2.54. The van der Waals surface area contributed by atoms with Crippen LogP contribution in [0.3, 0.4) is 0 Å². The van der Waals surface area contributed by atoms with Gasteiger partial charge in [0.2, 0.25) is 0 Å². The van der Waals surface area contributed by atoms with Crippen molar-refractivity contribution in [3.8, 4) is 0 Å². The number of rotatable bonds is 1. The number of nitrogens with zero attached hydrogens (tertiary/aromatic N) is 4. The lowest BCUT2D eigenvalue weighted by atomic mass is 10.2. The normalized spacial score (nSPS) is 17.8. The van der Waals surface area contributed by atoms with Crippen molar-refractivity contribution in [3.63, 3.8) is 0 Å². The molecular formula is C17H18ClF3N4O3. The predicted molar refractivity (Wildman–Crippen MR) is 92.5 cm³/mol. The second kappa shape index (κ2) is 7.94. The Kier molecular flexibility index (Phi) is 5.78. The van der Waals surface area contributed by atoms with Crippen LogP contribution in [0.5, 0.6) is 0 Å². The second-order valence-electron chi connectivity index (χ2n) is 6.65. The maximum atomic E-state index is 12.9. The van der Waals surface area contributed by atoms with Crippen LogP contribution >= 0.6 is 11.6 Å². The first kappa shape index (κ1) is 20.4. The van der Waals surface area contributed by atoms with Crippen LogP contribution in [0.25, 0.3) is 0 Å². The monoisotopic (exact) mass is 418 g/mol. The Morgan fingerprint density at radius 2 is 1.36 bits per heavy atom. The van der Waals surface area contributed by atoms with Crippen LogP contribution in [0.1, 0.15) is 28.9 Å². The topological polar surface area (TPSA) is 73.8 Å². The van der Waals surface area contributed by atoms with Crippen molar-refractivity contribution in [2.45, 2.75) is 19.0 Å². The zero-order chi connectivity index (χ0) is 20.5. The number of carbonyl (C=O) groups is 3. The number of alkyl halides is 3. The molecular weight excluding hydrogens is 401 g/mol. The standard InChI is InChI=1S/C17H18ClF3N4O3/c18-13-10-11(17(19,20)21)9-12(22-13)14(26)24-5-7-25(8-6-24)16(28)15(27)23-3-1-2-4-23/h9-10H,1-8H2. The van der Waals surface area contributed by atoms with E-state index in [4.69, 9.17) is 11.6 Å². The molecule has 0 spiro atoms. The summed E-state index contributed by atoms with van der Waals surface area (Å²) in [5.41, 5.74) is -1.46. The second-order valence-corrected chi connectivity index (χ2v) is 7.03. The third-order valence-electron chi connectivity index (χ3n) is 4.77. The smallest absolute Gasteiger partial charge is 0.334 e. The van der Waals surface area contributed by atoms with E-state index in [0.29, 0.717) is 25.2 Å². The fraction of sp³-hybridized carbons (Fsp3) is 0.529. The average Bonchev–Trinajstić information content (AvgIpc) is 3.20. The van der Waals surface area contributed by atoms with E-state index in [-0.39, 0.29) is 26.2 Å². The van der Waals surface area contributed by atoms with Gasteiger partial charge in [0.05, 0.1) is 5.56 Å². The Morgan fingerprint density at radius 3 is 1.89 bits per heavy atom. The van der Waals surface area contributed by atoms with Crippen molar-refractivity contribution in [2.24, 2.45) is 0 Å². The van der Waals surface area contributed by atoms with Crippen LogP contribution in [-0.2, 0) is 15.8 Å². The van der Waals surface area contributed by atoms with Crippen molar-refractivity contribution in [3.05, 3.63) is 28.5 Å². The van der Waals surface area contributed by atoms with Gasteiger partial charge in [-0.3, -0.25) is 14.4 Å². The highest BCUT2D eigenvalue weighted by molar-refractivity contribution is 6.35. The molecule has 2 aliphatic heterocycles. The van der Waals surface area contributed by atoms with Crippen LogP contribution in [0.2, 0.25) is 5.15 Å². The molecule has 3 heterocycles. The van der Waals surface area contributed by atoms with E-state index in [9.17, 15) is 27.6 Å². The summed E-state index contributed by atoms with van der Waals surface area (Å²) >= 11 is 5.62. The van der Waals surface area contributed by atoms with Crippen molar-refractivity contribution < 1.29 is 27.6 Å². The molecule has 1 aromatic heterocycles. The van der Waals surface area contributed by atoms with E-state index < -0.39 is 40.3 Å². The molecule has 11 heteroatoms. The van der Waals surface area contributed by atoms with Crippen LogP contribution in [0.4, 0.5) is 13.2 Å². The fourth-order valence-electron chi connectivity index (χ4n) is 3.24. The summed E-state index contributed by atoms with van der Waals surface area (Å²) in [7, 11) is 0. The summed E-state index contributed by atoms with van der Waals surface area (Å²) in [5.74, 6) is -1.87. The summed E-state index contributed by atoms with van der Waals surface area (Å²) in [4.78, 5) is 44.8. The molecule has 0 N–H and O–H groups in total. The first-order valence-corrected chi connectivity index (χ1v) is 9.17. The number of hydrogen-bond acceptors (Lipinski definition) is 4. The molecule has 0 aliphatic carbocycles. The van der Waals surface area contributed by atoms with Crippen molar-refractivity contribution >= 4 is 29.3 Å². The Bertz CT molecular complexity index is 788. The predicted octanol–water partition coefficient (Wildman–Crippen LogP) is 1.66. The molecule has 0 atom stereocenters. The minimum absolute atomic E-state index is 0.0907. The molecule has 2 saturated heterocycles. The molecule has 1 aromatic rings. The number of carbonyl (C=O) groups excluding carboxylic acids is 3. The van der Waals surface area contributed by atoms with Gasteiger partial charge in [0.1, 0.15) is 10.8 Å². The first-order chi connectivity index (χ1) is 13.2. The van der Waals surface area contributed by atoms with E-state index in [0.717, 1.165) is 12.8 Å². The Morgan fingerprint density at radius 1 is 0.857 bits per heavy atom. The zero-order valence-electron chi connectivity index (χ0n) is 14.8. The highest BCUT2D eigenvalue weighted by Crippen LogP contribution is 2.31. The Balaban J connectivity index is 1.63. The van der Waals surface area contributed by atoms with Gasteiger partial charge < -0.3 is 14.7 Å². The van der Waals surface area contributed by atoms with Crippen LogP contribution < -0.4 is 0 Å². The third-order valence-corrected chi connectivity index (χ3v) is 4.96. The lowest BCUT2D eigenvalue weighted by Gasteiger charge is -2.34. The molecule has 3 rings (SSSR count). The maximum absolute atomic E-state index is 12.9. The Labute approximate surface area is 164 Å². The molecule has 152 valence electrons. The molecule has 0 aromatic carbocycles. The quantitative estimate of drug-likeness (QED) is 0.513. The summed E-state index contributed by atoms with van der Waals surface area (Å²) in [6.45, 7) is 1.55. The van der Waals surface area contributed by atoms with E-state index in [1.54, 1.807) is 0 Å². The van der Waals surface area contributed by atoms with Crippen LogP contribution in [0.15, 0.2) is 12.1 Å². The van der Waals surface area contributed by atoms with Gasteiger partial charge in [-0.1, -0.05) is 11.6 Å². The number of pyridine rings is 1. The van der Waals surface area contributed by atoms with Gasteiger partial charge in [-0.25, -0.2) is 4.98 Å². The fourth-order valence-corrected chi connectivity index (χ4v) is 3.44. The highest BCUT2D eigenvalue weighted by atomic mass is 35.5. The molecule has 0 unspecified atom stereocenters. The lowest BCUT2D eigenvalue weighted by molar-refractivity contribution is -0.152. The summed E-state index contributed by atoms with van der Waals surface area (Å²) in [6, 6.07) is 1.31. The van der Waals surface area contributed by atoms with Crippen molar-refractivity contribution in [1.82, 2.24) is 19.7 Å². The van der Waals surface area contributed by atoms with Gasteiger partial charge >= 0.3 is 18.0 Å². The van der Waals surface area contributed by atoms with Crippen LogP contribution in [-0.4, -0.2) is 76.7 Å². The number of hydrogen-bond donors (Lipinski definition) is 0. The molecule has 3 amide bonds. The van der Waals surface area contributed by atoms with E-state index >= 15 is 0 Å². The van der Waals surface area contributed by atoms with Gasteiger partial charge in [0, 0.05) is 39.3 Å². The minimum atomic E-state index is -4.65. The molecule has 0 bridgehead atoms. The summed E-state index contributed by atoms with van der Waals surface area (Å²) in [6.07, 6.45) is -2.91. The number of halogens is 4. The minimum Gasteiger partial charge on any atom is -0.334 e. The largest absolute Gasteiger partial charge is 0.416 e. The van der Waals surface area contributed by atoms with Gasteiger partial charge in [0.25, 0.3) is 5.91 Å². The van der Waals surface area contributed by atoms with Gasteiger partial charge in [-0.2, -0.15) is 13.2 Å². The SMILES string of the molecule is O=C(C(=O)N1CCN(C(=O)c2cc(C(F)(F)F)cc(Cl)n2)CC1)N1CCCC1. The highest BCUT2D eigenvalue weighted by Gasteiger charge is 2.34. The summed E-state index contributed by atoms with van der Waals surface area (Å²) < 4.78 is 38.7. The molecule has 2 aliphatic rings. The van der Waals surface area contributed by atoms with Gasteiger partial charge in [-0.15, -0.1) is 0 Å². The third kappa shape index (κ3) is 4.37. The zero-order valence-corrected chi connectivity index (χ0v) is 15.6. The van der Waals surface area contributed by atoms with Crippen molar-refractivity contribution in [2.75, 3.05) is 39.3 Å². The Hall–Kier alpha value is -2.36. The molecule has 28 heavy (non-hydrogen) atoms. The van der Waals surface area contributed by atoms with E-state index in [1.807, 2.05) is 0 Å². The first-order valence-electron chi connectivity index (χ1n) is 8.79. The maximum Gasteiger partial charge on any atom is 0.416 e. The number of aromatic nitrogens is 1. The molecule has 2 fully saturated rings. The van der Waals surface area contributed by atoms with Crippen molar-refractivity contribution in [1.29, 1.82) is 0 Å². The molecule has 0 saturated carbocycles. The number of piperazine rings is 1. The summed E-state index contributed by atoms with van der Waals surface area (Å²) in [5, 5.41) is -0.428. The van der Waals surface area contributed by atoms with Gasteiger partial charge in [-0.05, 0) is 25.0 Å². The van der Waals surface area contributed by atoms with Gasteiger partial charge in [0.15, 0.2) is 0 Å². The average molecular weight is 419 g/mol. The molecule has 7 nitrogen and oxygen atoms in total. The van der Waals surface area contributed by atoms with E-state index in [2.05, 4.69) is 4.98 Å². The van der Waals surface area contributed by atoms with E-state index in [1.165, 1.54) is 14.7 Å². The molecule has 0 radical (unpaired) electrons.